The van der Waals surface area contributed by atoms with Crippen LogP contribution in [0.5, 0.6) is 0 Å². The van der Waals surface area contributed by atoms with Crippen LogP contribution in [0, 0.1) is 20.8 Å². The van der Waals surface area contributed by atoms with Gasteiger partial charge in [-0.1, -0.05) is 30.7 Å². The van der Waals surface area contributed by atoms with Gasteiger partial charge in [0.1, 0.15) is 0 Å². The van der Waals surface area contributed by atoms with Crippen molar-refractivity contribution < 1.29 is 0 Å². The number of nitrogens with one attached hydrogen (secondary N) is 1. The highest BCUT2D eigenvalue weighted by atomic mass is 32.2. The van der Waals surface area contributed by atoms with Gasteiger partial charge in [-0.3, -0.25) is 0 Å². The van der Waals surface area contributed by atoms with E-state index in [2.05, 4.69) is 62.7 Å². The third kappa shape index (κ3) is 4.60. The molecule has 1 N–H and O–H groups in total. The summed E-state index contributed by atoms with van der Waals surface area (Å²) in [6, 6.07) is 9.38. The Balaban J connectivity index is 2.18. The largest absolute Gasteiger partial charge is 0.309 e. The Bertz CT molecular complexity index is 538. The van der Waals surface area contributed by atoms with E-state index in [4.69, 9.17) is 0 Å². The van der Waals surface area contributed by atoms with E-state index in [0.717, 1.165) is 12.3 Å². The molecule has 3 heteroatoms. The van der Waals surface area contributed by atoms with Crippen molar-refractivity contribution in [2.24, 2.45) is 0 Å². The lowest BCUT2D eigenvalue weighted by molar-refractivity contribution is 0.573. The summed E-state index contributed by atoms with van der Waals surface area (Å²) in [6.45, 7) is 9.96. The molecule has 1 unspecified atom stereocenters. The maximum Gasteiger partial charge on any atom is 0.0599 e. The van der Waals surface area contributed by atoms with Crippen LogP contribution in [-0.4, -0.2) is 12.3 Å². The first-order valence-electron chi connectivity index (χ1n) is 7.59. The number of hydrogen-bond acceptors (Lipinski definition) is 3. The van der Waals surface area contributed by atoms with Gasteiger partial charge in [0, 0.05) is 11.8 Å². The summed E-state index contributed by atoms with van der Waals surface area (Å²) < 4.78 is 1.40. The Morgan fingerprint density at radius 2 is 1.90 bits per heavy atom. The molecule has 0 saturated carbocycles. The summed E-state index contributed by atoms with van der Waals surface area (Å²) in [5, 5.41) is 5.89. The van der Waals surface area contributed by atoms with E-state index in [1.807, 2.05) is 23.1 Å². The fourth-order valence-electron chi connectivity index (χ4n) is 2.81. The van der Waals surface area contributed by atoms with Crippen molar-refractivity contribution in [1.29, 1.82) is 0 Å². The molecule has 0 spiro atoms. The molecule has 1 heterocycles. The van der Waals surface area contributed by atoms with Gasteiger partial charge in [0.2, 0.25) is 0 Å². The number of thioether (sulfide) groups is 1. The van der Waals surface area contributed by atoms with Gasteiger partial charge in [0.25, 0.3) is 0 Å². The Hall–Kier alpha value is -0.770. The van der Waals surface area contributed by atoms with Crippen LogP contribution >= 0.6 is 23.1 Å². The summed E-state index contributed by atoms with van der Waals surface area (Å²) >= 11 is 3.79. The Labute approximate surface area is 137 Å². The molecule has 0 radical (unpaired) electrons. The summed E-state index contributed by atoms with van der Waals surface area (Å²) in [6.07, 6.45) is 1.17. The maximum absolute atomic E-state index is 3.73. The van der Waals surface area contributed by atoms with Crippen molar-refractivity contribution in [3.05, 3.63) is 51.9 Å². The molecule has 0 bridgehead atoms. The molecule has 21 heavy (non-hydrogen) atoms. The number of benzene rings is 1. The van der Waals surface area contributed by atoms with Crippen molar-refractivity contribution in [2.45, 2.75) is 44.4 Å². The molecule has 0 amide bonds. The zero-order chi connectivity index (χ0) is 15.2. The average Bonchev–Trinajstić information content (AvgIpc) is 2.93. The fourth-order valence-corrected chi connectivity index (χ4v) is 4.70. The first kappa shape index (κ1) is 16.6. The molecular formula is C18H25NS2. The predicted octanol–water partition coefficient (Wildman–Crippen LogP) is 5.51. The second kappa shape index (κ2) is 8.02. The van der Waals surface area contributed by atoms with Crippen LogP contribution in [-0.2, 0) is 0 Å². The van der Waals surface area contributed by atoms with Crippen LogP contribution in [0.25, 0.3) is 0 Å². The molecule has 2 rings (SSSR count). The van der Waals surface area contributed by atoms with Gasteiger partial charge in [0.15, 0.2) is 0 Å². The van der Waals surface area contributed by atoms with E-state index in [-0.39, 0.29) is 0 Å². The average molecular weight is 320 g/mol. The molecule has 1 aromatic carbocycles. The third-order valence-corrected chi connectivity index (χ3v) is 5.84. The maximum atomic E-state index is 3.73. The van der Waals surface area contributed by atoms with E-state index < -0.39 is 0 Å². The Kier molecular flexibility index (Phi) is 6.34. The topological polar surface area (TPSA) is 12.0 Å². The number of hydrogen-bond donors (Lipinski definition) is 1. The Morgan fingerprint density at radius 3 is 2.48 bits per heavy atom. The van der Waals surface area contributed by atoms with E-state index in [0.29, 0.717) is 6.04 Å². The molecule has 0 aliphatic carbocycles. The van der Waals surface area contributed by atoms with Crippen LogP contribution in [0.2, 0.25) is 0 Å². The smallest absolute Gasteiger partial charge is 0.0599 e. The highest BCUT2D eigenvalue weighted by molar-refractivity contribution is 8.01. The molecule has 1 nitrogen and oxygen atoms in total. The lowest BCUT2D eigenvalue weighted by Gasteiger charge is -2.23. The van der Waals surface area contributed by atoms with Gasteiger partial charge in [-0.15, -0.1) is 23.1 Å². The van der Waals surface area contributed by atoms with Crippen molar-refractivity contribution >= 4 is 23.1 Å². The summed E-state index contributed by atoms with van der Waals surface area (Å²) in [7, 11) is 0. The van der Waals surface area contributed by atoms with Gasteiger partial charge < -0.3 is 5.32 Å². The van der Waals surface area contributed by atoms with Crippen molar-refractivity contribution in [3.8, 4) is 0 Å². The van der Waals surface area contributed by atoms with Gasteiger partial charge in [-0.05, 0) is 61.9 Å². The molecule has 2 aromatic rings. The van der Waals surface area contributed by atoms with Crippen molar-refractivity contribution in [3.63, 3.8) is 0 Å². The molecular weight excluding hydrogens is 294 g/mol. The van der Waals surface area contributed by atoms with Gasteiger partial charge in [-0.25, -0.2) is 0 Å². The van der Waals surface area contributed by atoms with Crippen LogP contribution in [0.3, 0.4) is 0 Å². The van der Waals surface area contributed by atoms with Crippen LogP contribution in [0.4, 0.5) is 0 Å². The molecule has 0 fully saturated rings. The first-order valence-corrected chi connectivity index (χ1v) is 9.45. The standard InChI is InChI=1S/C18H25NS2/c1-5-8-19-16(12-21-17-7-6-9-20-17)18-14(3)10-13(2)11-15(18)4/h6-7,9-11,16,19H,5,8,12H2,1-4H3. The Morgan fingerprint density at radius 1 is 1.19 bits per heavy atom. The van der Waals surface area contributed by atoms with Crippen LogP contribution < -0.4 is 5.32 Å². The molecule has 114 valence electrons. The molecule has 0 saturated heterocycles. The zero-order valence-electron chi connectivity index (χ0n) is 13.4. The molecule has 0 aliphatic heterocycles. The minimum absolute atomic E-state index is 0.428. The van der Waals surface area contributed by atoms with Crippen molar-refractivity contribution in [2.75, 3.05) is 12.3 Å². The normalized spacial score (nSPS) is 12.6. The molecule has 0 aliphatic rings. The monoisotopic (exact) mass is 319 g/mol. The zero-order valence-corrected chi connectivity index (χ0v) is 15.0. The lowest BCUT2D eigenvalue weighted by Crippen LogP contribution is -2.25. The number of aryl methyl sites for hydroxylation is 3. The minimum Gasteiger partial charge on any atom is -0.309 e. The van der Waals surface area contributed by atoms with Crippen molar-refractivity contribution in [1.82, 2.24) is 5.32 Å². The van der Waals surface area contributed by atoms with E-state index in [1.165, 1.54) is 32.9 Å². The summed E-state index contributed by atoms with van der Waals surface area (Å²) in [5.74, 6) is 1.09. The predicted molar refractivity (Wildman–Crippen MR) is 96.7 cm³/mol. The van der Waals surface area contributed by atoms with Crippen LogP contribution in [0.1, 0.15) is 41.6 Å². The van der Waals surface area contributed by atoms with E-state index >= 15 is 0 Å². The quantitative estimate of drug-likeness (QED) is 0.676. The molecule has 1 atom stereocenters. The van der Waals surface area contributed by atoms with E-state index in [1.54, 1.807) is 0 Å². The summed E-state index contributed by atoms with van der Waals surface area (Å²) in [4.78, 5) is 0. The SMILES string of the molecule is CCCNC(CSc1cccs1)c1c(C)cc(C)cc1C. The van der Waals surface area contributed by atoms with Gasteiger partial charge in [0.05, 0.1) is 4.21 Å². The minimum atomic E-state index is 0.428. The number of thiophene rings is 1. The second-order valence-electron chi connectivity index (χ2n) is 5.56. The summed E-state index contributed by atoms with van der Waals surface area (Å²) in [5.41, 5.74) is 5.66. The third-order valence-electron chi connectivity index (χ3n) is 3.61. The van der Waals surface area contributed by atoms with Gasteiger partial charge >= 0.3 is 0 Å². The lowest BCUT2D eigenvalue weighted by atomic mass is 9.95. The highest BCUT2D eigenvalue weighted by Crippen LogP contribution is 2.31. The first-order chi connectivity index (χ1) is 10.1. The van der Waals surface area contributed by atoms with Crippen LogP contribution in [0.15, 0.2) is 33.9 Å². The highest BCUT2D eigenvalue weighted by Gasteiger charge is 2.16. The fraction of sp³-hybridized carbons (Fsp3) is 0.444. The van der Waals surface area contributed by atoms with E-state index in [9.17, 15) is 0 Å². The number of rotatable bonds is 7. The molecule has 1 aromatic heterocycles. The second-order valence-corrected chi connectivity index (χ2v) is 7.83. The van der Waals surface area contributed by atoms with Gasteiger partial charge in [-0.2, -0.15) is 0 Å².